The van der Waals surface area contributed by atoms with Crippen LogP contribution in [-0.4, -0.2) is 4.57 Å². The van der Waals surface area contributed by atoms with Gasteiger partial charge in [0.2, 0.25) is 0 Å². The molecule has 10 rings (SSSR count). The number of hydrogen-bond donors (Lipinski definition) is 0. The number of rotatable bonds is 14. The van der Waals surface area contributed by atoms with Gasteiger partial charge in [-0.3, -0.25) is 0 Å². The van der Waals surface area contributed by atoms with Crippen LogP contribution in [0.2, 0.25) is 0 Å². The van der Waals surface area contributed by atoms with Crippen molar-refractivity contribution in [2.75, 3.05) is 4.90 Å². The van der Waals surface area contributed by atoms with Gasteiger partial charge in [-0.15, -0.1) is 0 Å². The van der Waals surface area contributed by atoms with E-state index in [0.717, 1.165) is 40.3 Å². The van der Waals surface area contributed by atoms with E-state index < -0.39 is 0 Å². The third-order valence-electron chi connectivity index (χ3n) is 13.9. The van der Waals surface area contributed by atoms with Crippen molar-refractivity contribution < 1.29 is 0 Å². The summed E-state index contributed by atoms with van der Waals surface area (Å²) in [5, 5.41) is 1.24. The van der Waals surface area contributed by atoms with Gasteiger partial charge in [-0.2, -0.15) is 0 Å². The van der Waals surface area contributed by atoms with Crippen molar-refractivity contribution >= 4 is 39.5 Å². The molecule has 0 bridgehead atoms. The van der Waals surface area contributed by atoms with E-state index in [9.17, 15) is 0 Å². The van der Waals surface area contributed by atoms with Crippen LogP contribution in [0.25, 0.3) is 67.2 Å². The summed E-state index contributed by atoms with van der Waals surface area (Å²) in [6, 6.07) is 75.0. The van der Waals surface area contributed by atoms with E-state index in [1.165, 1.54) is 72.3 Å². The lowest BCUT2D eigenvalue weighted by molar-refractivity contribution is 0.989. The molecule has 72 heavy (non-hydrogen) atoms. The first kappa shape index (κ1) is 47.0. The fourth-order valence-electron chi connectivity index (χ4n) is 10.1. The molecule has 350 valence electrons. The Balaban J connectivity index is 1.06. The predicted molar refractivity (Wildman–Crippen MR) is 311 cm³/mol. The van der Waals surface area contributed by atoms with Gasteiger partial charge in [0.15, 0.2) is 0 Å². The Bertz CT molecular complexity index is 3540. The lowest BCUT2D eigenvalue weighted by Gasteiger charge is -2.27. The van der Waals surface area contributed by atoms with Gasteiger partial charge < -0.3 is 9.47 Å². The largest absolute Gasteiger partial charge is 0.313 e. The van der Waals surface area contributed by atoms with Crippen LogP contribution in [0.4, 0.5) is 11.4 Å². The van der Waals surface area contributed by atoms with E-state index in [4.69, 9.17) is 0 Å². The first-order chi connectivity index (χ1) is 35.5. The Morgan fingerprint density at radius 2 is 1.17 bits per heavy atom. The molecule has 0 aliphatic heterocycles. The first-order valence-electron chi connectivity index (χ1n) is 25.2. The summed E-state index contributed by atoms with van der Waals surface area (Å²) in [7, 11) is 0. The first-order valence-corrected chi connectivity index (χ1v) is 25.2. The van der Waals surface area contributed by atoms with Gasteiger partial charge in [0.25, 0.3) is 0 Å². The number of nitrogens with zero attached hydrogens (tertiary/aromatic N) is 2. The minimum atomic E-state index is 0.218. The molecule has 1 aromatic heterocycles. The number of hydrogen-bond acceptors (Lipinski definition) is 1. The van der Waals surface area contributed by atoms with Crippen LogP contribution in [-0.2, 0) is 0 Å². The van der Waals surface area contributed by atoms with Crippen LogP contribution in [0.15, 0.2) is 273 Å². The van der Waals surface area contributed by atoms with Crippen LogP contribution in [0, 0.1) is 6.92 Å². The second-order valence-electron chi connectivity index (χ2n) is 18.4. The number of fused-ring (bicyclic) bond motifs is 1. The molecule has 0 fully saturated rings. The minimum Gasteiger partial charge on any atom is -0.313 e. The Kier molecular flexibility index (Phi) is 14.3. The van der Waals surface area contributed by atoms with Gasteiger partial charge in [0, 0.05) is 45.3 Å². The SMILES string of the molecule is C/C=C\C=C/c1c(C)n(-c2ccccc2)c2cccc(-c3cccc(-c4cccc(N(C5=CC=C(c6ccc(-c7ccccc7)cc6)CC=C5)c5ccc(/C(=C/C=C\C)C(C)c6ccccc6)cc5)c4)c3)c12. The van der Waals surface area contributed by atoms with E-state index in [-0.39, 0.29) is 5.92 Å². The zero-order chi connectivity index (χ0) is 49.2. The van der Waals surface area contributed by atoms with Crippen LogP contribution in [0.3, 0.4) is 0 Å². The minimum absolute atomic E-state index is 0.218. The number of aromatic nitrogens is 1. The van der Waals surface area contributed by atoms with Crippen molar-refractivity contribution in [1.82, 2.24) is 4.57 Å². The van der Waals surface area contributed by atoms with Crippen molar-refractivity contribution in [2.24, 2.45) is 0 Å². The highest BCUT2D eigenvalue weighted by Crippen LogP contribution is 2.41. The van der Waals surface area contributed by atoms with Crippen LogP contribution in [0.5, 0.6) is 0 Å². The summed E-state index contributed by atoms with van der Waals surface area (Å²) in [4.78, 5) is 2.40. The summed E-state index contributed by atoms with van der Waals surface area (Å²) in [6.07, 6.45) is 25.1. The van der Waals surface area contributed by atoms with Gasteiger partial charge in [-0.25, -0.2) is 0 Å². The maximum atomic E-state index is 2.40. The molecule has 0 spiro atoms. The average Bonchev–Trinajstić information content (AvgIpc) is 3.54. The summed E-state index contributed by atoms with van der Waals surface area (Å²) >= 11 is 0. The maximum absolute atomic E-state index is 2.40. The monoisotopic (exact) mass is 928 g/mol. The molecule has 0 radical (unpaired) electrons. The molecule has 0 N–H and O–H groups in total. The van der Waals surface area contributed by atoms with E-state index in [0.29, 0.717) is 0 Å². The normalized spacial score (nSPS) is 13.5. The van der Waals surface area contributed by atoms with Gasteiger partial charge in [0.05, 0.1) is 5.52 Å². The fraction of sp³-hybridized carbons (Fsp3) is 0.0857. The lowest BCUT2D eigenvalue weighted by atomic mass is 9.87. The van der Waals surface area contributed by atoms with Gasteiger partial charge in [0.1, 0.15) is 0 Å². The highest BCUT2D eigenvalue weighted by atomic mass is 15.1. The molecular weight excluding hydrogens is 869 g/mol. The molecule has 8 aromatic carbocycles. The Morgan fingerprint density at radius 3 is 1.90 bits per heavy atom. The van der Waals surface area contributed by atoms with Gasteiger partial charge in [-0.05, 0) is 149 Å². The second kappa shape index (κ2) is 21.9. The molecule has 0 saturated carbocycles. The van der Waals surface area contributed by atoms with Gasteiger partial charge >= 0.3 is 0 Å². The van der Waals surface area contributed by atoms with E-state index in [2.05, 4.69) is 310 Å². The molecule has 1 aliphatic carbocycles. The second-order valence-corrected chi connectivity index (χ2v) is 18.4. The Hall–Kier alpha value is -8.72. The van der Waals surface area contributed by atoms with E-state index in [1.807, 2.05) is 0 Å². The average molecular weight is 929 g/mol. The summed E-state index contributed by atoms with van der Waals surface area (Å²) in [6.45, 7) is 8.67. The van der Waals surface area contributed by atoms with Crippen molar-refractivity contribution in [3.05, 3.63) is 301 Å². The number of allylic oxidation sites excluding steroid dienone is 12. The van der Waals surface area contributed by atoms with E-state index in [1.54, 1.807) is 0 Å². The maximum Gasteiger partial charge on any atom is 0.0543 e. The zero-order valence-corrected chi connectivity index (χ0v) is 41.7. The highest BCUT2D eigenvalue weighted by molar-refractivity contribution is 6.04. The van der Waals surface area contributed by atoms with Crippen LogP contribution < -0.4 is 4.90 Å². The zero-order valence-electron chi connectivity index (χ0n) is 41.7. The number of benzene rings is 8. The quantitative estimate of drug-likeness (QED) is 0.0987. The Labute approximate surface area is 426 Å². The Morgan fingerprint density at radius 1 is 0.542 bits per heavy atom. The van der Waals surface area contributed by atoms with Crippen molar-refractivity contribution in [1.29, 1.82) is 0 Å². The molecule has 2 heteroatoms. The van der Waals surface area contributed by atoms with Crippen molar-refractivity contribution in [2.45, 2.75) is 40.0 Å². The van der Waals surface area contributed by atoms with Crippen molar-refractivity contribution in [3.63, 3.8) is 0 Å². The highest BCUT2D eigenvalue weighted by Gasteiger charge is 2.20. The van der Waals surface area contributed by atoms with Crippen LogP contribution >= 0.6 is 0 Å². The topological polar surface area (TPSA) is 8.17 Å². The number of anilines is 2. The lowest BCUT2D eigenvalue weighted by Crippen LogP contribution is -2.15. The van der Waals surface area contributed by atoms with Crippen molar-refractivity contribution in [3.8, 4) is 39.1 Å². The summed E-state index contributed by atoms with van der Waals surface area (Å²) in [5.74, 6) is 0.218. The molecular formula is C70H60N2. The molecule has 2 nitrogen and oxygen atoms in total. The fourth-order valence-corrected chi connectivity index (χ4v) is 10.1. The molecule has 1 atom stereocenters. The molecule has 0 saturated heterocycles. The summed E-state index contributed by atoms with van der Waals surface area (Å²) < 4.78 is 2.39. The standard InChI is InChI=1S/C70H60N2/c1-5-7-12-36-67-52(4)71(62-31-17-11-18-32-62)69-38-22-37-68(70(67)69)61-30-19-28-59(49-61)60-29-21-34-65(50-60)72(64-47-44-58(45-48-64)66(35-8-6-2)51(3)53-23-13-9-14-24-53)63-33-20-27-55(43-46-63)57-41-39-56(40-42-57)54-25-15-10-16-26-54/h5-26,28-51H,27H2,1-4H3/b7-5-,8-6-,36-12-,66-35+. The van der Waals surface area contributed by atoms with Gasteiger partial charge in [-0.1, -0.05) is 219 Å². The third-order valence-corrected chi connectivity index (χ3v) is 13.9. The molecule has 9 aromatic rings. The molecule has 1 aliphatic rings. The van der Waals surface area contributed by atoms with E-state index >= 15 is 0 Å². The number of para-hydroxylation sites is 1. The molecule has 1 heterocycles. The summed E-state index contributed by atoms with van der Waals surface area (Å²) in [5.41, 5.74) is 21.5. The predicted octanol–water partition coefficient (Wildman–Crippen LogP) is 19.4. The third kappa shape index (κ3) is 9.99. The smallest absolute Gasteiger partial charge is 0.0543 e. The molecule has 1 unspecified atom stereocenters. The molecule has 0 amide bonds. The van der Waals surface area contributed by atoms with Crippen LogP contribution in [0.1, 0.15) is 61.1 Å².